The van der Waals surface area contributed by atoms with Gasteiger partial charge >= 0.3 is 12.8 Å². The van der Waals surface area contributed by atoms with Crippen LogP contribution >= 0.6 is 11.6 Å². The number of ether oxygens (including phenoxy) is 2. The van der Waals surface area contributed by atoms with E-state index in [1.807, 2.05) is 0 Å². The Hall–Kier alpha value is -4.64. The molecule has 1 aliphatic heterocycles. The number of azo groups is 1. The Morgan fingerprint density at radius 2 is 1.82 bits per heavy atom. The van der Waals surface area contributed by atoms with Gasteiger partial charge in [0.2, 0.25) is 5.75 Å². The fourth-order valence-corrected chi connectivity index (χ4v) is 3.69. The number of halogens is 6. The minimum Gasteiger partial charge on any atom is -0.449 e. The molecule has 1 atom stereocenters. The maximum Gasteiger partial charge on any atom is 0.437 e. The molecule has 0 spiro atoms. The number of hydrogen-bond acceptors (Lipinski definition) is 7. The highest BCUT2D eigenvalue weighted by Gasteiger charge is 2.39. The first-order chi connectivity index (χ1) is 18.4. The number of carbonyl (C=O) groups excluding carboxylic acids is 1. The number of rotatable bonds is 7. The van der Waals surface area contributed by atoms with Gasteiger partial charge in [-0.15, -0.1) is 5.11 Å². The molecule has 15 heteroatoms. The maximum atomic E-state index is 13.6. The molecule has 200 valence electrons. The number of benzene rings is 2. The van der Waals surface area contributed by atoms with Gasteiger partial charge in [-0.25, -0.2) is 4.98 Å². The van der Waals surface area contributed by atoms with Gasteiger partial charge < -0.3 is 9.47 Å². The van der Waals surface area contributed by atoms with Crippen LogP contribution in [0.2, 0.25) is 5.02 Å². The summed E-state index contributed by atoms with van der Waals surface area (Å²) in [5.74, 6) is -2.49. The van der Waals surface area contributed by atoms with Crippen molar-refractivity contribution in [1.29, 1.82) is 5.26 Å². The molecule has 39 heavy (non-hydrogen) atoms. The summed E-state index contributed by atoms with van der Waals surface area (Å²) < 4.78 is 75.9. The summed E-state index contributed by atoms with van der Waals surface area (Å²) in [7, 11) is 0. The van der Waals surface area contributed by atoms with E-state index in [1.165, 1.54) is 36.4 Å². The molecule has 0 saturated heterocycles. The van der Waals surface area contributed by atoms with Gasteiger partial charge in [-0.3, -0.25) is 14.2 Å². The number of hydrogen-bond donors (Lipinski definition) is 0. The molecule has 2 heterocycles. The highest BCUT2D eigenvalue weighted by Crippen LogP contribution is 2.35. The average Bonchev–Trinajstić information content (AvgIpc) is 2.86. The van der Waals surface area contributed by atoms with Crippen LogP contribution in [-0.4, -0.2) is 22.1 Å². The second-order valence-electron chi connectivity index (χ2n) is 7.85. The number of nitriles is 1. The van der Waals surface area contributed by atoms with E-state index in [0.717, 1.165) is 12.1 Å². The van der Waals surface area contributed by atoms with Crippen LogP contribution in [-0.2, 0) is 17.5 Å². The molecule has 0 bridgehead atoms. The van der Waals surface area contributed by atoms with Crippen LogP contribution in [0.25, 0.3) is 0 Å². The summed E-state index contributed by atoms with van der Waals surface area (Å²) in [6.07, 6.45) is -3.16. The number of amides is 1. The second kappa shape index (κ2) is 11.0. The van der Waals surface area contributed by atoms with Crippen molar-refractivity contribution in [3.8, 4) is 23.3 Å². The lowest BCUT2D eigenvalue weighted by molar-refractivity contribution is -0.142. The molecular formula is C24H13ClF5N5O4. The lowest BCUT2D eigenvalue weighted by atomic mass is 10.0. The van der Waals surface area contributed by atoms with Crippen LogP contribution < -0.4 is 15.0 Å². The standard InChI is InChI=1S/C24H13ClF5N5O4/c25-15-5-12(9-31)6-17(8-15)38-19-20(24(28,29)30)32-11-35(22(19)37)10-14-7-18(33-34-21(14)36)13-1-3-16(4-2-13)39-23(26)27/h1-8,11,18,23H,10H2. The smallest absolute Gasteiger partial charge is 0.437 e. The third-order valence-corrected chi connectivity index (χ3v) is 5.40. The molecule has 0 fully saturated rings. The highest BCUT2D eigenvalue weighted by molar-refractivity contribution is 6.30. The summed E-state index contributed by atoms with van der Waals surface area (Å²) in [5, 5.41) is 16.4. The summed E-state index contributed by atoms with van der Waals surface area (Å²) in [6.45, 7) is -3.56. The third-order valence-electron chi connectivity index (χ3n) is 5.18. The number of carbonyl (C=O) groups is 1. The van der Waals surface area contributed by atoms with E-state index < -0.39 is 48.3 Å². The van der Waals surface area contributed by atoms with Gasteiger partial charge in [0, 0.05) is 10.6 Å². The van der Waals surface area contributed by atoms with Crippen molar-refractivity contribution in [2.24, 2.45) is 10.2 Å². The van der Waals surface area contributed by atoms with Crippen molar-refractivity contribution in [3.05, 3.63) is 92.6 Å². The van der Waals surface area contributed by atoms with E-state index in [-0.39, 0.29) is 27.7 Å². The van der Waals surface area contributed by atoms with Crippen molar-refractivity contribution in [2.45, 2.75) is 25.4 Å². The van der Waals surface area contributed by atoms with Gasteiger partial charge in [-0.2, -0.15) is 32.3 Å². The van der Waals surface area contributed by atoms with Gasteiger partial charge in [-0.05, 0) is 42.0 Å². The SMILES string of the molecule is N#Cc1cc(Cl)cc(Oc2c(C(F)(F)F)ncn(CC3=CC(c4ccc(OC(F)F)cc4)N=NC3=O)c2=O)c1. The third kappa shape index (κ3) is 6.44. The first-order valence-corrected chi connectivity index (χ1v) is 11.1. The fourth-order valence-electron chi connectivity index (χ4n) is 3.47. The van der Waals surface area contributed by atoms with E-state index in [2.05, 4.69) is 19.9 Å². The molecule has 1 aliphatic rings. The predicted octanol–water partition coefficient (Wildman–Crippen LogP) is 5.84. The fraction of sp³-hybridized carbons (Fsp3) is 0.167. The van der Waals surface area contributed by atoms with Crippen molar-refractivity contribution in [1.82, 2.24) is 9.55 Å². The molecule has 2 aromatic carbocycles. The van der Waals surface area contributed by atoms with Crippen molar-refractivity contribution in [3.63, 3.8) is 0 Å². The molecular weight excluding hydrogens is 553 g/mol. The zero-order valence-corrected chi connectivity index (χ0v) is 20.0. The van der Waals surface area contributed by atoms with Gasteiger partial charge in [0.05, 0.1) is 24.5 Å². The quantitative estimate of drug-likeness (QED) is 0.332. The molecule has 0 N–H and O–H groups in total. The zero-order valence-electron chi connectivity index (χ0n) is 19.2. The maximum absolute atomic E-state index is 13.6. The Labute approximate surface area is 220 Å². The van der Waals surface area contributed by atoms with Crippen LogP contribution in [0.1, 0.15) is 22.9 Å². The molecule has 0 radical (unpaired) electrons. The largest absolute Gasteiger partial charge is 0.449 e. The van der Waals surface area contributed by atoms with E-state index in [4.69, 9.17) is 21.6 Å². The van der Waals surface area contributed by atoms with Crippen LogP contribution in [0.3, 0.4) is 0 Å². The Kier molecular flexibility index (Phi) is 7.73. The molecule has 4 rings (SSSR count). The Morgan fingerprint density at radius 3 is 2.46 bits per heavy atom. The summed E-state index contributed by atoms with van der Waals surface area (Å²) >= 11 is 5.88. The predicted molar refractivity (Wildman–Crippen MR) is 124 cm³/mol. The van der Waals surface area contributed by atoms with Gasteiger partial charge in [0.1, 0.15) is 17.5 Å². The minimum absolute atomic E-state index is 0.0232. The Bertz CT molecular complexity index is 1580. The number of aromatic nitrogens is 2. The topological polar surface area (TPSA) is 119 Å². The first kappa shape index (κ1) is 27.4. The second-order valence-corrected chi connectivity index (χ2v) is 8.28. The van der Waals surface area contributed by atoms with E-state index in [0.29, 0.717) is 16.5 Å². The summed E-state index contributed by atoms with van der Waals surface area (Å²) in [6, 6.07) is 9.65. The molecule has 1 unspecified atom stereocenters. The van der Waals surface area contributed by atoms with Crippen LogP contribution in [0, 0.1) is 11.3 Å². The molecule has 9 nitrogen and oxygen atoms in total. The van der Waals surface area contributed by atoms with Gasteiger partial charge in [-0.1, -0.05) is 23.7 Å². The van der Waals surface area contributed by atoms with E-state index >= 15 is 0 Å². The Morgan fingerprint density at radius 1 is 1.10 bits per heavy atom. The van der Waals surface area contributed by atoms with Crippen LogP contribution in [0.15, 0.2) is 75.5 Å². The highest BCUT2D eigenvalue weighted by atomic mass is 35.5. The van der Waals surface area contributed by atoms with Gasteiger partial charge in [0.15, 0.2) is 5.69 Å². The summed E-state index contributed by atoms with van der Waals surface area (Å²) in [4.78, 5) is 28.7. The number of nitrogens with zero attached hydrogens (tertiary/aromatic N) is 5. The van der Waals surface area contributed by atoms with Gasteiger partial charge in [0.25, 0.3) is 11.5 Å². The lowest BCUT2D eigenvalue weighted by Gasteiger charge is -2.17. The van der Waals surface area contributed by atoms with Crippen LogP contribution in [0.4, 0.5) is 22.0 Å². The molecule has 0 aliphatic carbocycles. The molecule has 0 saturated carbocycles. The van der Waals surface area contributed by atoms with E-state index in [1.54, 1.807) is 6.07 Å². The molecule has 1 aromatic heterocycles. The average molecular weight is 566 g/mol. The van der Waals surface area contributed by atoms with Crippen molar-refractivity contribution in [2.75, 3.05) is 0 Å². The Balaban J connectivity index is 1.67. The molecule has 1 amide bonds. The number of alkyl halides is 5. The van der Waals surface area contributed by atoms with Crippen molar-refractivity contribution < 1.29 is 36.2 Å². The van der Waals surface area contributed by atoms with Crippen molar-refractivity contribution >= 4 is 17.5 Å². The van der Waals surface area contributed by atoms with E-state index in [9.17, 15) is 31.5 Å². The summed E-state index contributed by atoms with van der Waals surface area (Å²) in [5.41, 5.74) is -2.61. The zero-order chi connectivity index (χ0) is 28.3. The van der Waals surface area contributed by atoms with Crippen LogP contribution in [0.5, 0.6) is 17.2 Å². The molecule has 3 aromatic rings. The minimum atomic E-state index is -5.08. The normalized spacial score (nSPS) is 15.2. The monoisotopic (exact) mass is 565 g/mol. The first-order valence-electron chi connectivity index (χ1n) is 10.7. The lowest BCUT2D eigenvalue weighted by Crippen LogP contribution is -2.28.